The van der Waals surface area contributed by atoms with Gasteiger partial charge < -0.3 is 0 Å². The van der Waals surface area contributed by atoms with Gasteiger partial charge in [0.1, 0.15) is 0 Å². The molecule has 19 aromatic carbocycles. The summed E-state index contributed by atoms with van der Waals surface area (Å²) in [5.41, 5.74) is 23.7. The molecule has 0 aliphatic rings. The highest BCUT2D eigenvalue weighted by atomic mass is 15.0. The summed E-state index contributed by atoms with van der Waals surface area (Å²) in [5, 5.41) is 12.0. The fraction of sp³-hybridized carbons (Fsp3) is 0. The van der Waals surface area contributed by atoms with Gasteiger partial charge in [0.2, 0.25) is 0 Å². The van der Waals surface area contributed by atoms with Crippen LogP contribution in [0.25, 0.3) is 211 Å². The Balaban J connectivity index is 0.000000150. The third-order valence-corrected chi connectivity index (χ3v) is 22.0. The minimum Gasteiger partial charge on any atom is -0.208 e. The molecule has 0 aliphatic carbocycles. The van der Waals surface area contributed by atoms with Gasteiger partial charge in [0.05, 0.1) is 0 Å². The van der Waals surface area contributed by atoms with E-state index in [-0.39, 0.29) is 0 Å². The number of aromatic nitrogens is 6. The standard InChI is InChI=1S/C57H37N3.C53H35N3/c1-3-13-38(14-4-1)50-35-51(39-15-5-2-6-16-39)37-52(36-50)56-58-55(49-30-24-41-18-8-10-20-43(41)34-49)59-57(60-56)54-22-12-11-21-53(54)48-29-28-46-32-45(26-27-47(46)33-48)44-25-23-40-17-7-9-19-42(40)31-44;1-3-16-37(17-4-1)45-21-9-11-23-47(45)48-24-12-14-26-50(48)53-55-51(38-18-5-2-6-19-38)54-52(56-53)49-25-13-10-22-46(49)44-32-31-42-34-41(29-30-43(42)35-44)40-28-27-36-15-7-8-20-39(36)33-40/h1-37H;1-35H. The number of hydrogen-bond donors (Lipinski definition) is 0. The van der Waals surface area contributed by atoms with Crippen molar-refractivity contribution in [2.75, 3.05) is 0 Å². The van der Waals surface area contributed by atoms with E-state index >= 15 is 0 Å². The first-order chi connectivity index (χ1) is 57.4. The van der Waals surface area contributed by atoms with Crippen molar-refractivity contribution in [1.29, 1.82) is 0 Å². The summed E-state index contributed by atoms with van der Waals surface area (Å²) in [5.74, 6) is 3.75. The molecule has 0 saturated carbocycles. The smallest absolute Gasteiger partial charge is 0.164 e. The van der Waals surface area contributed by atoms with Crippen LogP contribution in [0.5, 0.6) is 0 Å². The van der Waals surface area contributed by atoms with Crippen LogP contribution in [0.2, 0.25) is 0 Å². The number of fused-ring (bicyclic) bond motifs is 5. The van der Waals surface area contributed by atoms with Crippen LogP contribution < -0.4 is 0 Å². The number of rotatable bonds is 14. The Kier molecular flexibility index (Phi) is 18.6. The van der Waals surface area contributed by atoms with E-state index in [1.807, 2.05) is 18.2 Å². The molecular weight excluding hydrogens is 1410 g/mol. The zero-order chi connectivity index (χ0) is 77.1. The fourth-order valence-electron chi connectivity index (χ4n) is 16.1. The van der Waals surface area contributed by atoms with Crippen LogP contribution >= 0.6 is 0 Å². The average molecular weight is 1480 g/mol. The van der Waals surface area contributed by atoms with Gasteiger partial charge in [0.15, 0.2) is 34.9 Å². The zero-order valence-corrected chi connectivity index (χ0v) is 63.3. The van der Waals surface area contributed by atoms with Crippen LogP contribution in [0.15, 0.2) is 437 Å². The largest absolute Gasteiger partial charge is 0.208 e. The molecular formula is C110H72N6. The molecule has 0 amide bonds. The lowest BCUT2D eigenvalue weighted by molar-refractivity contribution is 1.07. The zero-order valence-electron chi connectivity index (χ0n) is 63.3. The molecule has 0 aliphatic heterocycles. The molecule has 2 aromatic heterocycles. The maximum Gasteiger partial charge on any atom is 0.164 e. The molecule has 0 N–H and O–H groups in total. The predicted octanol–water partition coefficient (Wildman–Crippen LogP) is 28.8. The Morgan fingerprint density at radius 1 is 0.0948 bits per heavy atom. The predicted molar refractivity (Wildman–Crippen MR) is 483 cm³/mol. The third-order valence-electron chi connectivity index (χ3n) is 22.0. The molecule has 6 nitrogen and oxygen atoms in total. The Morgan fingerprint density at radius 2 is 0.310 bits per heavy atom. The minimum atomic E-state index is 0.618. The average Bonchev–Trinajstić information content (AvgIpc) is 0.810. The highest BCUT2D eigenvalue weighted by molar-refractivity contribution is 5.99. The van der Waals surface area contributed by atoms with Crippen LogP contribution in [0.1, 0.15) is 0 Å². The second-order valence-electron chi connectivity index (χ2n) is 29.3. The first-order valence-electron chi connectivity index (χ1n) is 39.3. The Hall–Kier alpha value is -15.5. The topological polar surface area (TPSA) is 77.3 Å². The van der Waals surface area contributed by atoms with Gasteiger partial charge in [-0.25, -0.2) is 29.9 Å². The van der Waals surface area contributed by atoms with Gasteiger partial charge in [-0.3, -0.25) is 0 Å². The van der Waals surface area contributed by atoms with Crippen LogP contribution in [0.3, 0.4) is 0 Å². The lowest BCUT2D eigenvalue weighted by Gasteiger charge is -2.16. The molecule has 0 unspecified atom stereocenters. The van der Waals surface area contributed by atoms with Crippen molar-refractivity contribution in [2.24, 2.45) is 0 Å². The van der Waals surface area contributed by atoms with E-state index in [1.165, 1.54) is 70.7 Å². The third kappa shape index (κ3) is 14.2. The molecule has 0 bridgehead atoms. The summed E-state index contributed by atoms with van der Waals surface area (Å²) in [6.07, 6.45) is 0. The van der Waals surface area contributed by atoms with Crippen LogP contribution in [-0.4, -0.2) is 29.9 Å². The van der Waals surface area contributed by atoms with Crippen molar-refractivity contribution in [1.82, 2.24) is 29.9 Å². The van der Waals surface area contributed by atoms with Crippen molar-refractivity contribution >= 4 is 53.9 Å². The highest BCUT2D eigenvalue weighted by Gasteiger charge is 2.22. The molecule has 0 atom stereocenters. The molecule has 542 valence electrons. The van der Waals surface area contributed by atoms with Crippen molar-refractivity contribution in [3.05, 3.63) is 437 Å². The van der Waals surface area contributed by atoms with Gasteiger partial charge in [-0.05, 0) is 204 Å². The lowest BCUT2D eigenvalue weighted by atomic mass is 9.91. The van der Waals surface area contributed by atoms with E-state index in [4.69, 9.17) is 29.9 Å². The van der Waals surface area contributed by atoms with Gasteiger partial charge in [-0.2, -0.15) is 0 Å². The van der Waals surface area contributed by atoms with Gasteiger partial charge in [-0.1, -0.05) is 376 Å². The van der Waals surface area contributed by atoms with E-state index in [9.17, 15) is 0 Å². The maximum atomic E-state index is 5.32. The molecule has 2 heterocycles. The summed E-state index contributed by atoms with van der Waals surface area (Å²) >= 11 is 0. The second kappa shape index (κ2) is 31.0. The van der Waals surface area contributed by atoms with Gasteiger partial charge >= 0.3 is 0 Å². The van der Waals surface area contributed by atoms with Crippen LogP contribution in [0.4, 0.5) is 0 Å². The summed E-state index contributed by atoms with van der Waals surface area (Å²) in [7, 11) is 0. The summed E-state index contributed by atoms with van der Waals surface area (Å²) in [6, 6.07) is 154. The number of benzene rings is 19. The van der Waals surface area contributed by atoms with E-state index in [0.29, 0.717) is 34.9 Å². The molecule has 21 aromatic rings. The summed E-state index contributed by atoms with van der Waals surface area (Å²) in [4.78, 5) is 31.4. The Labute approximate surface area is 673 Å². The first-order valence-corrected chi connectivity index (χ1v) is 39.3. The Morgan fingerprint density at radius 3 is 0.707 bits per heavy atom. The van der Waals surface area contributed by atoms with Crippen LogP contribution in [-0.2, 0) is 0 Å². The van der Waals surface area contributed by atoms with E-state index < -0.39 is 0 Å². The summed E-state index contributed by atoms with van der Waals surface area (Å²) < 4.78 is 0. The lowest BCUT2D eigenvalue weighted by Crippen LogP contribution is -2.02. The van der Waals surface area contributed by atoms with Crippen molar-refractivity contribution in [3.63, 3.8) is 0 Å². The molecule has 0 fully saturated rings. The molecule has 0 spiro atoms. The van der Waals surface area contributed by atoms with E-state index in [2.05, 4.69) is 419 Å². The normalized spacial score (nSPS) is 11.3. The van der Waals surface area contributed by atoms with Crippen LogP contribution in [0, 0.1) is 0 Å². The van der Waals surface area contributed by atoms with Gasteiger partial charge in [-0.15, -0.1) is 0 Å². The monoisotopic (exact) mass is 1480 g/mol. The minimum absolute atomic E-state index is 0.618. The van der Waals surface area contributed by atoms with Gasteiger partial charge in [0.25, 0.3) is 0 Å². The second-order valence-corrected chi connectivity index (χ2v) is 29.3. The molecule has 21 rings (SSSR count). The molecule has 0 saturated heterocycles. The van der Waals surface area contributed by atoms with Crippen molar-refractivity contribution in [2.45, 2.75) is 0 Å². The quantitative estimate of drug-likeness (QED) is 0.108. The van der Waals surface area contributed by atoms with Crippen molar-refractivity contribution in [3.8, 4) is 157 Å². The highest BCUT2D eigenvalue weighted by Crippen LogP contribution is 2.43. The van der Waals surface area contributed by atoms with Gasteiger partial charge in [0, 0.05) is 33.4 Å². The van der Waals surface area contributed by atoms with E-state index in [0.717, 1.165) is 106 Å². The Bertz CT molecular complexity index is 7210. The molecule has 0 radical (unpaired) electrons. The fourth-order valence-corrected chi connectivity index (χ4v) is 16.1. The van der Waals surface area contributed by atoms with E-state index in [1.54, 1.807) is 0 Å². The maximum absolute atomic E-state index is 5.32. The first kappa shape index (κ1) is 69.7. The molecule has 6 heteroatoms. The summed E-state index contributed by atoms with van der Waals surface area (Å²) in [6.45, 7) is 0. The SMILES string of the molecule is c1ccc(-c2cc(-c3ccccc3)cc(-c3nc(-c4ccc5ccccc5c4)nc(-c4ccccc4-c4ccc5cc(-c6ccc7ccccc7c6)ccc5c4)n3)c2)cc1.c1ccc(-c2nc(-c3ccccc3-c3ccc4cc(-c5ccc6ccccc6c5)ccc4c3)nc(-c3ccccc3-c3ccccc3-c3ccccc3)n2)cc1. The number of hydrogen-bond acceptors (Lipinski definition) is 6. The number of nitrogens with zero attached hydrogens (tertiary/aromatic N) is 6. The molecule has 116 heavy (non-hydrogen) atoms. The van der Waals surface area contributed by atoms with Crippen molar-refractivity contribution < 1.29 is 0 Å².